The van der Waals surface area contributed by atoms with Crippen LogP contribution < -0.4 is 10.6 Å². The first-order chi connectivity index (χ1) is 12.7. The lowest BCUT2D eigenvalue weighted by Crippen LogP contribution is -2.12. The molecule has 0 atom stereocenters. The second kappa shape index (κ2) is 10.4. The zero-order valence-corrected chi connectivity index (χ0v) is 17.8. The van der Waals surface area contributed by atoms with E-state index >= 15 is 0 Å². The Kier molecular flexibility index (Phi) is 8.20. The van der Waals surface area contributed by atoms with Crippen LogP contribution in [0.15, 0.2) is 30.3 Å². The number of H-pyrrole nitrogens is 1. The first-order valence-electron chi connectivity index (χ1n) is 7.97. The minimum absolute atomic E-state index is 0.468. The molecule has 0 aliphatic carbocycles. The van der Waals surface area contributed by atoms with Crippen molar-refractivity contribution in [2.75, 3.05) is 23.8 Å². The summed E-state index contributed by atoms with van der Waals surface area (Å²) in [7, 11) is 1.91. The van der Waals surface area contributed by atoms with Crippen molar-refractivity contribution in [1.82, 2.24) is 30.5 Å². The van der Waals surface area contributed by atoms with Gasteiger partial charge in [0.05, 0.1) is 5.02 Å². The van der Waals surface area contributed by atoms with Crippen molar-refractivity contribution in [1.29, 1.82) is 0 Å². The number of nitrogens with zero attached hydrogens (tertiary/aromatic N) is 4. The Morgan fingerprint density at radius 1 is 1.15 bits per heavy atom. The number of rotatable bonds is 6. The molecular formula is C17H21ClIN7. The molecule has 0 amide bonds. The van der Waals surface area contributed by atoms with Gasteiger partial charge in [-0.15, -0.1) is 5.10 Å². The van der Waals surface area contributed by atoms with E-state index in [-0.39, 0.29) is 0 Å². The number of likely N-dealkylation sites (N-methyl/N-ethyl adjacent to an activating group) is 1. The Bertz CT molecular complexity index is 837. The highest BCUT2D eigenvalue weighted by Crippen LogP contribution is 2.26. The van der Waals surface area contributed by atoms with Gasteiger partial charge in [-0.3, -0.25) is 5.10 Å². The lowest BCUT2D eigenvalue weighted by atomic mass is 10.2. The van der Waals surface area contributed by atoms with E-state index in [0.717, 1.165) is 30.0 Å². The molecule has 0 aliphatic heterocycles. The maximum Gasteiger partial charge on any atom is 0.247 e. The number of anilines is 2. The van der Waals surface area contributed by atoms with E-state index < -0.39 is 0 Å². The van der Waals surface area contributed by atoms with E-state index in [0.29, 0.717) is 22.6 Å². The molecular weight excluding hydrogens is 465 g/mol. The van der Waals surface area contributed by atoms with Gasteiger partial charge in [-0.1, -0.05) is 46.3 Å². The molecule has 1 aromatic carbocycles. The molecule has 0 saturated carbocycles. The molecule has 138 valence electrons. The van der Waals surface area contributed by atoms with Crippen molar-refractivity contribution >= 4 is 46.0 Å². The first-order valence-corrected chi connectivity index (χ1v) is 10.5. The van der Waals surface area contributed by atoms with Gasteiger partial charge in [-0.05, 0) is 31.0 Å². The Hall–Kier alpha value is -1.78. The minimum atomic E-state index is 0.468. The Morgan fingerprint density at radius 3 is 2.58 bits per heavy atom. The van der Waals surface area contributed by atoms with Crippen molar-refractivity contribution in [2.24, 2.45) is 0 Å². The SMILES string of the molecule is CI.CNCCc1cc(Nc2n[nH]c(C)n2)nc(-c2ccccc2Cl)n1. The summed E-state index contributed by atoms with van der Waals surface area (Å²) in [5, 5.41) is 13.7. The topological polar surface area (TPSA) is 91.4 Å². The largest absolute Gasteiger partial charge is 0.319 e. The van der Waals surface area contributed by atoms with Gasteiger partial charge in [0.25, 0.3) is 0 Å². The molecule has 7 nitrogen and oxygen atoms in total. The van der Waals surface area contributed by atoms with Gasteiger partial charge in [0.2, 0.25) is 5.95 Å². The number of nitrogens with one attached hydrogen (secondary N) is 3. The average molecular weight is 486 g/mol. The molecule has 9 heteroatoms. The van der Waals surface area contributed by atoms with E-state index in [4.69, 9.17) is 11.6 Å². The summed E-state index contributed by atoms with van der Waals surface area (Å²) in [5.74, 6) is 2.40. The van der Waals surface area contributed by atoms with E-state index in [9.17, 15) is 0 Å². The van der Waals surface area contributed by atoms with E-state index in [2.05, 4.69) is 58.4 Å². The molecule has 0 spiro atoms. The van der Waals surface area contributed by atoms with Crippen LogP contribution in [-0.4, -0.2) is 43.7 Å². The molecule has 3 aromatic rings. The second-order valence-corrected chi connectivity index (χ2v) is 5.68. The zero-order valence-electron chi connectivity index (χ0n) is 14.8. The summed E-state index contributed by atoms with van der Waals surface area (Å²) in [5.41, 5.74) is 1.70. The van der Waals surface area contributed by atoms with Crippen molar-refractivity contribution in [3.8, 4) is 11.4 Å². The monoisotopic (exact) mass is 485 g/mol. The highest BCUT2D eigenvalue weighted by atomic mass is 127. The van der Waals surface area contributed by atoms with Gasteiger partial charge in [-0.2, -0.15) is 4.98 Å². The lowest BCUT2D eigenvalue weighted by Gasteiger charge is -2.09. The quantitative estimate of drug-likeness (QED) is 0.364. The van der Waals surface area contributed by atoms with Crippen LogP contribution in [0.4, 0.5) is 11.8 Å². The molecule has 3 N–H and O–H groups in total. The van der Waals surface area contributed by atoms with Gasteiger partial charge in [-0.25, -0.2) is 9.97 Å². The Morgan fingerprint density at radius 2 is 1.92 bits per heavy atom. The van der Waals surface area contributed by atoms with Crippen LogP contribution in [0.3, 0.4) is 0 Å². The van der Waals surface area contributed by atoms with Crippen molar-refractivity contribution < 1.29 is 0 Å². The van der Waals surface area contributed by atoms with Crippen LogP contribution in [0.5, 0.6) is 0 Å². The summed E-state index contributed by atoms with van der Waals surface area (Å²) in [4.78, 5) is 15.4. The Labute approximate surface area is 171 Å². The molecule has 2 aromatic heterocycles. The van der Waals surface area contributed by atoms with Gasteiger partial charge < -0.3 is 10.6 Å². The van der Waals surface area contributed by atoms with Gasteiger partial charge in [0.15, 0.2) is 5.82 Å². The molecule has 2 heterocycles. The smallest absolute Gasteiger partial charge is 0.247 e. The minimum Gasteiger partial charge on any atom is -0.319 e. The maximum absolute atomic E-state index is 6.29. The second-order valence-electron chi connectivity index (χ2n) is 5.27. The van der Waals surface area contributed by atoms with Crippen LogP contribution in [0.25, 0.3) is 11.4 Å². The molecule has 0 bridgehead atoms. The number of alkyl halides is 1. The van der Waals surface area contributed by atoms with Crippen molar-refractivity contribution in [2.45, 2.75) is 13.3 Å². The van der Waals surface area contributed by atoms with E-state index in [1.807, 2.05) is 49.2 Å². The third-order valence-electron chi connectivity index (χ3n) is 3.36. The van der Waals surface area contributed by atoms with Crippen LogP contribution in [-0.2, 0) is 6.42 Å². The predicted molar refractivity (Wildman–Crippen MR) is 114 cm³/mol. The molecule has 0 aliphatic rings. The Balaban J connectivity index is 0.00000117. The highest BCUT2D eigenvalue weighted by molar-refractivity contribution is 14.1. The first kappa shape index (κ1) is 20.5. The molecule has 3 rings (SSSR count). The fraction of sp³-hybridized carbons (Fsp3) is 0.294. The van der Waals surface area contributed by atoms with E-state index in [1.54, 1.807) is 0 Å². The van der Waals surface area contributed by atoms with Crippen LogP contribution in [0.1, 0.15) is 11.5 Å². The fourth-order valence-electron chi connectivity index (χ4n) is 2.22. The molecule has 0 saturated heterocycles. The fourth-order valence-corrected chi connectivity index (χ4v) is 2.44. The third-order valence-corrected chi connectivity index (χ3v) is 3.69. The molecule has 0 fully saturated rings. The lowest BCUT2D eigenvalue weighted by molar-refractivity contribution is 0.775. The molecule has 26 heavy (non-hydrogen) atoms. The number of halogens is 2. The van der Waals surface area contributed by atoms with Crippen LogP contribution in [0.2, 0.25) is 5.02 Å². The average Bonchev–Trinajstić information content (AvgIpc) is 3.06. The van der Waals surface area contributed by atoms with Crippen LogP contribution in [0, 0.1) is 6.92 Å². The van der Waals surface area contributed by atoms with Gasteiger partial charge in [0.1, 0.15) is 11.6 Å². The van der Waals surface area contributed by atoms with Gasteiger partial charge >= 0.3 is 0 Å². The number of aromatic amines is 1. The number of hydrogen-bond donors (Lipinski definition) is 3. The summed E-state index contributed by atoms with van der Waals surface area (Å²) < 4.78 is 0. The highest BCUT2D eigenvalue weighted by Gasteiger charge is 2.11. The number of hydrogen-bond acceptors (Lipinski definition) is 6. The summed E-state index contributed by atoms with van der Waals surface area (Å²) in [6, 6.07) is 9.42. The van der Waals surface area contributed by atoms with Crippen molar-refractivity contribution in [3.05, 3.63) is 46.9 Å². The number of aromatic nitrogens is 5. The number of aryl methyl sites for hydroxylation is 1. The summed E-state index contributed by atoms with van der Waals surface area (Å²) in [6.45, 7) is 2.66. The standard InChI is InChI=1S/C16H18ClN7.CH3I/c1-10-19-16(24-23-10)22-14-9-11(7-8-18-2)20-15(21-14)12-5-3-4-6-13(12)17;1-2/h3-6,9,18H,7-8H2,1-2H3,(H2,19,20,21,22,23,24);1H3. The molecule has 0 radical (unpaired) electrons. The van der Waals surface area contributed by atoms with Crippen LogP contribution >= 0.6 is 34.2 Å². The summed E-state index contributed by atoms with van der Waals surface area (Å²) in [6.07, 6.45) is 0.776. The molecule has 0 unspecified atom stereocenters. The zero-order chi connectivity index (χ0) is 18.9. The van der Waals surface area contributed by atoms with Crippen molar-refractivity contribution in [3.63, 3.8) is 0 Å². The summed E-state index contributed by atoms with van der Waals surface area (Å²) >= 11 is 8.44. The third kappa shape index (κ3) is 5.61. The maximum atomic E-state index is 6.29. The number of benzene rings is 1. The normalized spacial score (nSPS) is 10.2. The van der Waals surface area contributed by atoms with Gasteiger partial charge in [0, 0.05) is 30.3 Å². The predicted octanol–water partition coefficient (Wildman–Crippen LogP) is 3.78. The van der Waals surface area contributed by atoms with E-state index in [1.165, 1.54) is 0 Å².